The number of alkyl halides is 1. The van der Waals surface area contributed by atoms with Crippen LogP contribution in [-0.2, 0) is 17.1 Å². The van der Waals surface area contributed by atoms with Crippen LogP contribution in [0.3, 0.4) is 0 Å². The molecular weight excluding hydrogens is 464 g/mol. The fraction of sp³-hybridized carbons (Fsp3) is 0.577. The van der Waals surface area contributed by atoms with Crippen LogP contribution in [0.25, 0.3) is 0 Å². The Kier molecular flexibility index (Phi) is 21.6. The summed E-state index contributed by atoms with van der Waals surface area (Å²) in [7, 11) is 0. The Morgan fingerprint density at radius 1 is 0.621 bits per heavy atom. The summed E-state index contributed by atoms with van der Waals surface area (Å²) in [6.07, 6.45) is 18.2. The summed E-state index contributed by atoms with van der Waals surface area (Å²) in [6, 6.07) is 17.7. The first-order valence-corrected chi connectivity index (χ1v) is 12.4. The summed E-state index contributed by atoms with van der Waals surface area (Å²) < 4.78 is 0. The fourth-order valence-corrected chi connectivity index (χ4v) is 3.75. The van der Waals surface area contributed by atoms with Gasteiger partial charge in [0.15, 0.2) is 0 Å². The molecule has 170 valence electrons. The van der Waals surface area contributed by atoms with E-state index in [-0.39, 0.29) is 17.1 Å². The zero-order valence-electron chi connectivity index (χ0n) is 17.9. The van der Waals surface area contributed by atoms with Gasteiger partial charge < -0.3 is 35.1 Å². The molecule has 0 N–H and O–H groups in total. The second-order valence-corrected chi connectivity index (χ2v) is 8.39. The number of unbranched alkanes of at least 4 members (excludes halogenated alkanes) is 12. The molecule has 0 atom stereocenters. The van der Waals surface area contributed by atoms with Crippen molar-refractivity contribution in [1.29, 1.82) is 0 Å². The molecule has 0 amide bonds. The Labute approximate surface area is 198 Å². The van der Waals surface area contributed by atoms with Crippen molar-refractivity contribution >= 4 is 21.7 Å². The summed E-state index contributed by atoms with van der Waals surface area (Å²) >= 11 is 3.48. The van der Waals surface area contributed by atoms with Crippen LogP contribution in [0.1, 0.15) is 100 Å². The molecule has 0 fully saturated rings. The van der Waals surface area contributed by atoms with E-state index in [1.54, 1.807) is 0 Å². The van der Waals surface area contributed by atoms with Crippen molar-refractivity contribution in [2.75, 3.05) is 5.33 Å². The summed E-state index contributed by atoms with van der Waals surface area (Å²) in [6.45, 7) is 0. The van der Waals surface area contributed by atoms with Gasteiger partial charge in [0.1, 0.15) is 5.78 Å². The summed E-state index contributed by atoms with van der Waals surface area (Å²) in [5.74, 6) is 0.311. The van der Waals surface area contributed by atoms with Gasteiger partial charge in [0.05, 0.1) is 0 Å². The van der Waals surface area contributed by atoms with Gasteiger partial charge in [-0.1, -0.05) is 92.1 Å². The molecule has 2 aromatic rings. The summed E-state index contributed by atoms with van der Waals surface area (Å²) in [5.41, 5.74) is 0.886. The molecule has 0 unspecified atom stereocenters. The molecular formula is C26H39BrFeO-6. The Balaban J connectivity index is 0.00000113. The van der Waals surface area contributed by atoms with Gasteiger partial charge in [-0.25, -0.2) is 12.1 Å². The van der Waals surface area contributed by atoms with Gasteiger partial charge in [-0.2, -0.15) is 12.1 Å². The number of hydrogen-bond donors (Lipinski definition) is 0. The Bertz CT molecular complexity index is 516. The van der Waals surface area contributed by atoms with Gasteiger partial charge in [-0.05, 0) is 19.3 Å². The van der Waals surface area contributed by atoms with Gasteiger partial charge in [-0.3, -0.25) is 0 Å². The molecule has 3 heteroatoms. The Morgan fingerprint density at radius 2 is 0.966 bits per heavy atom. The maximum absolute atomic E-state index is 11.8. The van der Waals surface area contributed by atoms with Crippen LogP contribution in [0.5, 0.6) is 0 Å². The monoisotopic (exact) mass is 502 g/mol. The van der Waals surface area contributed by atoms with Crippen LogP contribution in [0.15, 0.2) is 54.6 Å². The average molecular weight is 503 g/mol. The third kappa shape index (κ3) is 17.9. The minimum atomic E-state index is 0. The maximum atomic E-state index is 11.8. The third-order valence-corrected chi connectivity index (χ3v) is 5.64. The summed E-state index contributed by atoms with van der Waals surface area (Å²) in [5, 5.41) is 1.16. The molecule has 0 aromatic heterocycles. The predicted octanol–water partition coefficient (Wildman–Crippen LogP) is 8.85. The molecule has 0 aliphatic rings. The Morgan fingerprint density at radius 3 is 1.34 bits per heavy atom. The summed E-state index contributed by atoms with van der Waals surface area (Å²) in [4.78, 5) is 11.8. The number of hydrogen-bond acceptors (Lipinski definition) is 1. The van der Waals surface area contributed by atoms with Crippen molar-refractivity contribution in [3.8, 4) is 0 Å². The van der Waals surface area contributed by atoms with Crippen molar-refractivity contribution in [1.82, 2.24) is 0 Å². The fourth-order valence-electron chi connectivity index (χ4n) is 3.35. The molecule has 0 aliphatic heterocycles. The number of carbonyl (C=O) groups excluding carboxylic acids is 1. The smallest absolute Gasteiger partial charge is 0.108 e. The molecule has 29 heavy (non-hydrogen) atoms. The molecule has 0 heterocycles. The first kappa shape index (κ1) is 28.4. The molecule has 0 saturated carbocycles. The van der Waals surface area contributed by atoms with E-state index in [1.807, 2.05) is 54.6 Å². The minimum Gasteiger partial charge on any atom is -0.748 e. The molecule has 0 bridgehead atoms. The van der Waals surface area contributed by atoms with Crippen LogP contribution >= 0.6 is 15.9 Å². The SMILES string of the molecule is O=C(CCCCCCCCCCCCCCCBr)[c-]1cccc1.[Fe].[cH-]1[cH-][cH-][cH-][cH-]1. The molecule has 2 aromatic carbocycles. The van der Waals surface area contributed by atoms with Gasteiger partial charge in [-0.15, -0.1) is 0 Å². The number of Topliss-reactive ketones (excluding diaryl/α,β-unsaturated/α-hetero) is 1. The van der Waals surface area contributed by atoms with Gasteiger partial charge in [0, 0.05) is 22.4 Å². The van der Waals surface area contributed by atoms with Gasteiger partial charge in [0.2, 0.25) is 0 Å². The second-order valence-electron chi connectivity index (χ2n) is 7.59. The van der Waals surface area contributed by atoms with E-state index in [4.69, 9.17) is 0 Å². The quantitative estimate of drug-likeness (QED) is 0.0736. The molecule has 1 nitrogen and oxygen atoms in total. The van der Waals surface area contributed by atoms with E-state index in [0.29, 0.717) is 5.78 Å². The van der Waals surface area contributed by atoms with E-state index in [1.165, 1.54) is 77.0 Å². The van der Waals surface area contributed by atoms with Crippen molar-refractivity contribution < 1.29 is 21.9 Å². The number of halogens is 1. The van der Waals surface area contributed by atoms with E-state index < -0.39 is 0 Å². The maximum Gasteiger partial charge on any atom is 0.108 e. The molecule has 0 radical (unpaired) electrons. The molecule has 0 saturated heterocycles. The topological polar surface area (TPSA) is 17.1 Å². The third-order valence-electron chi connectivity index (χ3n) is 5.08. The molecule has 0 aliphatic carbocycles. The van der Waals surface area contributed by atoms with E-state index >= 15 is 0 Å². The second kappa shape index (κ2) is 22.1. The average Bonchev–Trinajstić information content (AvgIpc) is 3.44. The van der Waals surface area contributed by atoms with Crippen molar-refractivity contribution in [2.45, 2.75) is 89.9 Å². The number of carbonyl (C=O) groups is 1. The van der Waals surface area contributed by atoms with E-state index in [9.17, 15) is 4.79 Å². The largest absolute Gasteiger partial charge is 0.748 e. The first-order chi connectivity index (χ1) is 13.8. The number of ketones is 1. The van der Waals surface area contributed by atoms with Crippen LogP contribution in [0.2, 0.25) is 0 Å². The first-order valence-electron chi connectivity index (χ1n) is 11.3. The van der Waals surface area contributed by atoms with Crippen LogP contribution in [0.4, 0.5) is 0 Å². The zero-order chi connectivity index (χ0) is 20.1. The zero-order valence-corrected chi connectivity index (χ0v) is 20.6. The molecule has 0 spiro atoms. The Hall–Kier alpha value is -0.631. The van der Waals surface area contributed by atoms with Crippen molar-refractivity contribution in [3.05, 3.63) is 60.2 Å². The van der Waals surface area contributed by atoms with Gasteiger partial charge >= 0.3 is 0 Å². The standard InChI is InChI=1S/C21H34BrO.C5H5.Fe/c22-19-15-11-9-7-5-3-1-2-4-6-8-10-12-18-21(23)20-16-13-14-17-20;1-2-4-5-3-1;/h13-14,16-17H,1-12,15,18-19H2;1-5H;/q-1;-5;. The van der Waals surface area contributed by atoms with Crippen LogP contribution in [-0.4, -0.2) is 11.1 Å². The van der Waals surface area contributed by atoms with Crippen LogP contribution in [0, 0.1) is 0 Å². The molecule has 2 rings (SSSR count). The number of rotatable bonds is 16. The predicted molar refractivity (Wildman–Crippen MR) is 127 cm³/mol. The van der Waals surface area contributed by atoms with Gasteiger partial charge in [0.25, 0.3) is 0 Å². The van der Waals surface area contributed by atoms with Crippen molar-refractivity contribution in [3.63, 3.8) is 0 Å². The van der Waals surface area contributed by atoms with Crippen LogP contribution < -0.4 is 0 Å². The van der Waals surface area contributed by atoms with E-state index in [2.05, 4.69) is 15.9 Å². The van der Waals surface area contributed by atoms with E-state index in [0.717, 1.165) is 23.7 Å². The minimum absolute atomic E-state index is 0. The normalized spacial score (nSPS) is 10.1. The van der Waals surface area contributed by atoms with Crippen molar-refractivity contribution in [2.24, 2.45) is 0 Å².